The minimum absolute atomic E-state index is 0.547. The highest BCUT2D eigenvalue weighted by Gasteiger charge is 2.10. The van der Waals surface area contributed by atoms with Crippen molar-refractivity contribution in [1.29, 1.82) is 0 Å². The van der Waals surface area contributed by atoms with Gasteiger partial charge in [-0.1, -0.05) is 13.0 Å². The Morgan fingerprint density at radius 2 is 2.20 bits per heavy atom. The molecular weight excluding hydrogens is 252 g/mol. The molecule has 4 nitrogen and oxygen atoms in total. The Hall–Kier alpha value is -1.94. The number of aliphatic hydroxyl groups excluding tert-OH is 1. The molecule has 2 aromatic rings. The summed E-state index contributed by atoms with van der Waals surface area (Å²) in [5.41, 5.74) is 1.77. The van der Waals surface area contributed by atoms with Crippen molar-refractivity contribution in [1.82, 2.24) is 9.97 Å². The Kier molecular flexibility index (Phi) is 5.50. The lowest BCUT2D eigenvalue weighted by Crippen LogP contribution is -2.03. The second kappa shape index (κ2) is 7.60. The van der Waals surface area contributed by atoms with Crippen LogP contribution in [0.3, 0.4) is 0 Å². The number of hydrogen-bond acceptors (Lipinski definition) is 4. The largest absolute Gasteiger partial charge is 0.492 e. The zero-order valence-corrected chi connectivity index (χ0v) is 11.7. The van der Waals surface area contributed by atoms with Crippen molar-refractivity contribution in [2.24, 2.45) is 0 Å². The van der Waals surface area contributed by atoms with Gasteiger partial charge >= 0.3 is 0 Å². The molecule has 2 aromatic heterocycles. The van der Waals surface area contributed by atoms with E-state index in [1.165, 1.54) is 0 Å². The third kappa shape index (κ3) is 4.31. The van der Waals surface area contributed by atoms with E-state index >= 15 is 0 Å². The maximum absolute atomic E-state index is 10.2. The lowest BCUT2D eigenvalue weighted by Gasteiger charge is -2.12. The molecule has 20 heavy (non-hydrogen) atoms. The molecule has 0 amide bonds. The first-order valence-electron chi connectivity index (χ1n) is 6.95. The maximum Gasteiger partial charge on any atom is 0.137 e. The normalized spacial score (nSPS) is 12.1. The van der Waals surface area contributed by atoms with E-state index in [1.54, 1.807) is 18.6 Å². The van der Waals surface area contributed by atoms with E-state index in [0.29, 0.717) is 18.8 Å². The summed E-state index contributed by atoms with van der Waals surface area (Å²) >= 11 is 0. The zero-order valence-electron chi connectivity index (χ0n) is 11.7. The number of rotatable bonds is 7. The first kappa shape index (κ1) is 14.5. The predicted octanol–water partition coefficient (Wildman–Crippen LogP) is 2.93. The average Bonchev–Trinajstić information content (AvgIpc) is 2.52. The van der Waals surface area contributed by atoms with Gasteiger partial charge in [-0.25, -0.2) is 0 Å². The van der Waals surface area contributed by atoms with E-state index in [1.807, 2.05) is 24.3 Å². The molecule has 0 fully saturated rings. The summed E-state index contributed by atoms with van der Waals surface area (Å²) in [5.74, 6) is 0.709. The predicted molar refractivity (Wildman–Crippen MR) is 77.5 cm³/mol. The van der Waals surface area contributed by atoms with Gasteiger partial charge in [0.25, 0.3) is 0 Å². The summed E-state index contributed by atoms with van der Waals surface area (Å²) in [6.07, 6.45) is 6.88. The number of nitrogens with zero attached hydrogens (tertiary/aromatic N) is 2. The molecule has 0 spiro atoms. The van der Waals surface area contributed by atoms with Crippen LogP contribution in [0.15, 0.2) is 42.9 Å². The van der Waals surface area contributed by atoms with Gasteiger partial charge in [-0.15, -0.1) is 0 Å². The third-order valence-electron chi connectivity index (χ3n) is 2.99. The lowest BCUT2D eigenvalue weighted by molar-refractivity contribution is 0.166. The lowest BCUT2D eigenvalue weighted by atomic mass is 10.1. The fourth-order valence-electron chi connectivity index (χ4n) is 1.91. The molecule has 2 rings (SSSR count). The van der Waals surface area contributed by atoms with Crippen molar-refractivity contribution in [2.75, 3.05) is 6.61 Å². The monoisotopic (exact) mass is 272 g/mol. The van der Waals surface area contributed by atoms with Gasteiger partial charge in [0, 0.05) is 23.7 Å². The highest BCUT2D eigenvalue weighted by molar-refractivity contribution is 5.25. The van der Waals surface area contributed by atoms with Gasteiger partial charge < -0.3 is 9.84 Å². The SMILES string of the molecule is CCCOc1cncc(C(O)CCc2ccccn2)c1. The van der Waals surface area contributed by atoms with Gasteiger partial charge in [-0.2, -0.15) is 0 Å². The minimum atomic E-state index is -0.547. The molecule has 0 saturated carbocycles. The molecule has 1 unspecified atom stereocenters. The maximum atomic E-state index is 10.2. The first-order chi connectivity index (χ1) is 9.79. The fourth-order valence-corrected chi connectivity index (χ4v) is 1.91. The van der Waals surface area contributed by atoms with Crippen LogP contribution in [-0.4, -0.2) is 21.7 Å². The first-order valence-corrected chi connectivity index (χ1v) is 6.95. The number of pyridine rings is 2. The third-order valence-corrected chi connectivity index (χ3v) is 2.99. The molecule has 0 aliphatic carbocycles. The van der Waals surface area contributed by atoms with E-state index < -0.39 is 6.10 Å². The molecule has 4 heteroatoms. The standard InChI is InChI=1S/C16H20N2O2/c1-2-9-20-15-10-13(11-17-12-15)16(19)7-6-14-5-3-4-8-18-14/h3-5,8,10-12,16,19H,2,6-7,9H2,1H3. The van der Waals surface area contributed by atoms with E-state index in [4.69, 9.17) is 4.74 Å². The van der Waals surface area contributed by atoms with Crippen LogP contribution in [-0.2, 0) is 6.42 Å². The van der Waals surface area contributed by atoms with Gasteiger partial charge in [0.2, 0.25) is 0 Å². The van der Waals surface area contributed by atoms with E-state index in [9.17, 15) is 5.11 Å². The van der Waals surface area contributed by atoms with Crippen LogP contribution < -0.4 is 4.74 Å². The topological polar surface area (TPSA) is 55.2 Å². The van der Waals surface area contributed by atoms with Crippen LogP contribution in [0.4, 0.5) is 0 Å². The van der Waals surface area contributed by atoms with Crippen molar-refractivity contribution >= 4 is 0 Å². The smallest absolute Gasteiger partial charge is 0.137 e. The summed E-state index contributed by atoms with van der Waals surface area (Å²) in [5, 5.41) is 10.2. The fraction of sp³-hybridized carbons (Fsp3) is 0.375. The van der Waals surface area contributed by atoms with E-state index in [2.05, 4.69) is 16.9 Å². The molecule has 0 aromatic carbocycles. The van der Waals surface area contributed by atoms with Crippen molar-refractivity contribution in [2.45, 2.75) is 32.3 Å². The molecule has 1 N–H and O–H groups in total. The second-order valence-electron chi connectivity index (χ2n) is 4.68. The molecule has 0 aliphatic heterocycles. The summed E-state index contributed by atoms with van der Waals surface area (Å²) in [7, 11) is 0. The van der Waals surface area contributed by atoms with Crippen molar-refractivity contribution < 1.29 is 9.84 Å². The summed E-state index contributed by atoms with van der Waals surface area (Å²) < 4.78 is 5.52. The van der Waals surface area contributed by atoms with Gasteiger partial charge in [0.05, 0.1) is 18.9 Å². The van der Waals surface area contributed by atoms with Gasteiger partial charge in [-0.05, 0) is 37.5 Å². The summed E-state index contributed by atoms with van der Waals surface area (Å²) in [6, 6.07) is 7.66. The molecule has 2 heterocycles. The Morgan fingerprint density at radius 1 is 1.30 bits per heavy atom. The number of aryl methyl sites for hydroxylation is 1. The molecular formula is C16H20N2O2. The molecule has 1 atom stereocenters. The molecule has 0 radical (unpaired) electrons. The van der Waals surface area contributed by atoms with Crippen LogP contribution in [0.25, 0.3) is 0 Å². The van der Waals surface area contributed by atoms with Crippen molar-refractivity contribution in [3.8, 4) is 5.75 Å². The molecule has 0 saturated heterocycles. The van der Waals surface area contributed by atoms with Crippen LogP contribution in [0.5, 0.6) is 5.75 Å². The van der Waals surface area contributed by atoms with Crippen LogP contribution in [0, 0.1) is 0 Å². The summed E-state index contributed by atoms with van der Waals surface area (Å²) in [4.78, 5) is 8.36. The van der Waals surface area contributed by atoms with Gasteiger partial charge in [0.1, 0.15) is 5.75 Å². The zero-order chi connectivity index (χ0) is 14.2. The Morgan fingerprint density at radius 3 is 2.95 bits per heavy atom. The number of ether oxygens (including phenoxy) is 1. The van der Waals surface area contributed by atoms with Gasteiger partial charge in [0.15, 0.2) is 0 Å². The van der Waals surface area contributed by atoms with E-state index in [0.717, 1.165) is 24.1 Å². The summed E-state index contributed by atoms with van der Waals surface area (Å²) in [6.45, 7) is 2.72. The highest BCUT2D eigenvalue weighted by atomic mass is 16.5. The number of aromatic nitrogens is 2. The Balaban J connectivity index is 1.93. The Labute approximate surface area is 119 Å². The van der Waals surface area contributed by atoms with Crippen LogP contribution in [0.1, 0.15) is 37.1 Å². The van der Waals surface area contributed by atoms with Crippen molar-refractivity contribution in [3.05, 3.63) is 54.1 Å². The van der Waals surface area contributed by atoms with Crippen molar-refractivity contribution in [3.63, 3.8) is 0 Å². The minimum Gasteiger partial charge on any atom is -0.492 e. The quantitative estimate of drug-likeness (QED) is 0.842. The Bertz CT molecular complexity index is 517. The molecule has 106 valence electrons. The average molecular weight is 272 g/mol. The van der Waals surface area contributed by atoms with Crippen LogP contribution >= 0.6 is 0 Å². The van der Waals surface area contributed by atoms with Crippen LogP contribution in [0.2, 0.25) is 0 Å². The highest BCUT2D eigenvalue weighted by Crippen LogP contribution is 2.21. The number of hydrogen-bond donors (Lipinski definition) is 1. The number of aliphatic hydroxyl groups is 1. The molecule has 0 bridgehead atoms. The van der Waals surface area contributed by atoms with Gasteiger partial charge in [-0.3, -0.25) is 9.97 Å². The second-order valence-corrected chi connectivity index (χ2v) is 4.68. The molecule has 0 aliphatic rings. The van der Waals surface area contributed by atoms with E-state index in [-0.39, 0.29) is 0 Å².